The topological polar surface area (TPSA) is 113 Å². The minimum Gasteiger partial charge on any atom is -0.395 e. The number of nitrogens with one attached hydrogen (secondary N) is 3. The number of amides is 2. The lowest BCUT2D eigenvalue weighted by atomic mass is 10.3. The van der Waals surface area contributed by atoms with Crippen molar-refractivity contribution in [3.8, 4) is 0 Å². The van der Waals surface area contributed by atoms with E-state index in [1.54, 1.807) is 6.92 Å². The predicted molar refractivity (Wildman–Crippen MR) is 63.4 cm³/mol. The zero-order valence-corrected chi connectivity index (χ0v) is 9.96. The second-order valence-electron chi connectivity index (χ2n) is 3.57. The van der Waals surface area contributed by atoms with Gasteiger partial charge in [-0.2, -0.15) is 5.10 Å². The Kier molecular flexibility index (Phi) is 4.50. The van der Waals surface area contributed by atoms with Gasteiger partial charge in [-0.3, -0.25) is 14.7 Å². The van der Waals surface area contributed by atoms with Gasteiger partial charge in [0.1, 0.15) is 0 Å². The van der Waals surface area contributed by atoms with Gasteiger partial charge in [0.05, 0.1) is 11.4 Å². The van der Waals surface area contributed by atoms with Gasteiger partial charge in [-0.25, -0.2) is 0 Å². The Bertz CT molecular complexity index is 413. The molecule has 1 heterocycles. The van der Waals surface area contributed by atoms with Crippen molar-refractivity contribution in [2.24, 2.45) is 0 Å². The molecule has 1 aromatic heterocycles. The van der Waals surface area contributed by atoms with Crippen LogP contribution in [0.4, 0.5) is 5.69 Å². The number of aromatic nitrogens is 2. The number of hydrogen-bond donors (Lipinski definition) is 4. The fourth-order valence-corrected chi connectivity index (χ4v) is 1.27. The summed E-state index contributed by atoms with van der Waals surface area (Å²) in [5.74, 6) is -0.477. The van der Waals surface area contributed by atoms with Crippen LogP contribution in [0.2, 0.25) is 0 Å². The molecule has 0 atom stereocenters. The van der Waals surface area contributed by atoms with Crippen LogP contribution in [0.3, 0.4) is 0 Å². The van der Waals surface area contributed by atoms with Crippen LogP contribution in [0.15, 0.2) is 0 Å². The lowest BCUT2D eigenvalue weighted by molar-refractivity contribution is -0.120. The number of aryl methyl sites for hydroxylation is 1. The van der Waals surface area contributed by atoms with E-state index in [0.29, 0.717) is 17.9 Å². The predicted octanol–water partition coefficient (Wildman–Crippen LogP) is -0.444. The van der Waals surface area contributed by atoms with E-state index in [4.69, 9.17) is 5.73 Å². The van der Waals surface area contributed by atoms with Gasteiger partial charge in [0, 0.05) is 19.5 Å². The molecule has 1 aromatic rings. The number of nitrogens with two attached hydrogens (primary N) is 1. The van der Waals surface area contributed by atoms with Crippen molar-refractivity contribution >= 4 is 17.5 Å². The number of carbonyl (C=O) groups excluding carboxylic acids is 2. The first-order chi connectivity index (χ1) is 8.06. The Morgan fingerprint density at radius 1 is 1.41 bits per heavy atom. The molecule has 7 heteroatoms. The molecular formula is C10H17N5O2. The van der Waals surface area contributed by atoms with E-state index < -0.39 is 0 Å². The molecular weight excluding hydrogens is 222 g/mol. The average Bonchev–Trinajstić information content (AvgIpc) is 2.60. The number of rotatable bonds is 5. The lowest BCUT2D eigenvalue weighted by Crippen LogP contribution is -2.31. The van der Waals surface area contributed by atoms with E-state index in [1.807, 2.05) is 6.92 Å². The van der Waals surface area contributed by atoms with Crippen molar-refractivity contribution in [2.75, 3.05) is 18.8 Å². The normalized spacial score (nSPS) is 10.0. The van der Waals surface area contributed by atoms with Crippen LogP contribution in [-0.4, -0.2) is 35.1 Å². The molecule has 0 aliphatic rings. The van der Waals surface area contributed by atoms with Gasteiger partial charge in [0.15, 0.2) is 5.69 Å². The Balaban J connectivity index is 2.40. The van der Waals surface area contributed by atoms with Crippen LogP contribution in [0.5, 0.6) is 0 Å². The van der Waals surface area contributed by atoms with Crippen LogP contribution in [0, 0.1) is 6.92 Å². The minimum absolute atomic E-state index is 0.0982. The van der Waals surface area contributed by atoms with Crippen LogP contribution in [0.1, 0.15) is 29.5 Å². The molecule has 5 N–H and O–H groups in total. The summed E-state index contributed by atoms with van der Waals surface area (Å²) in [4.78, 5) is 22.7. The molecule has 1 rings (SSSR count). The summed E-state index contributed by atoms with van der Waals surface area (Å²) < 4.78 is 0. The summed E-state index contributed by atoms with van der Waals surface area (Å²) in [5, 5.41) is 11.6. The quantitative estimate of drug-likeness (QED) is 0.557. The zero-order chi connectivity index (χ0) is 12.8. The van der Waals surface area contributed by atoms with Gasteiger partial charge in [-0.1, -0.05) is 0 Å². The molecule has 0 aromatic carbocycles. The highest BCUT2D eigenvalue weighted by atomic mass is 16.2. The third-order valence-corrected chi connectivity index (χ3v) is 2.22. The number of aromatic amines is 1. The zero-order valence-electron chi connectivity index (χ0n) is 9.96. The summed E-state index contributed by atoms with van der Waals surface area (Å²) in [6.07, 6.45) is 0.239. The van der Waals surface area contributed by atoms with Crippen molar-refractivity contribution in [2.45, 2.75) is 20.3 Å². The maximum absolute atomic E-state index is 11.6. The second-order valence-corrected chi connectivity index (χ2v) is 3.57. The molecule has 0 saturated heterocycles. The fraction of sp³-hybridized carbons (Fsp3) is 0.500. The van der Waals surface area contributed by atoms with Gasteiger partial charge in [-0.05, 0) is 13.8 Å². The number of nitrogen functional groups attached to an aromatic ring is 1. The first kappa shape index (κ1) is 13.0. The van der Waals surface area contributed by atoms with E-state index in [9.17, 15) is 9.59 Å². The third-order valence-electron chi connectivity index (χ3n) is 2.22. The molecule has 0 spiro atoms. The lowest BCUT2D eigenvalue weighted by Gasteiger charge is -2.04. The Hall–Kier alpha value is -2.05. The molecule has 7 nitrogen and oxygen atoms in total. The largest absolute Gasteiger partial charge is 0.395 e. The molecule has 2 amide bonds. The third kappa shape index (κ3) is 3.47. The van der Waals surface area contributed by atoms with Crippen molar-refractivity contribution in [3.05, 3.63) is 11.4 Å². The molecule has 0 aliphatic carbocycles. The van der Waals surface area contributed by atoms with Crippen LogP contribution in [-0.2, 0) is 4.79 Å². The molecule has 0 saturated carbocycles. The number of hydrogen-bond acceptors (Lipinski definition) is 4. The Morgan fingerprint density at radius 2 is 2.12 bits per heavy atom. The molecule has 94 valence electrons. The van der Waals surface area contributed by atoms with Gasteiger partial charge < -0.3 is 16.4 Å². The average molecular weight is 239 g/mol. The first-order valence-electron chi connectivity index (χ1n) is 5.41. The number of anilines is 1. The highest BCUT2D eigenvalue weighted by molar-refractivity contribution is 5.97. The number of carbonyl (C=O) groups is 2. The summed E-state index contributed by atoms with van der Waals surface area (Å²) in [6, 6.07) is 0. The van der Waals surface area contributed by atoms with E-state index >= 15 is 0 Å². The standard InChI is InChI=1S/C10H17N5O2/c1-3-12-7(16)4-5-13-10(17)9-8(11)6(2)14-15-9/h3-5,11H2,1-2H3,(H,12,16)(H,13,17)(H,14,15). The maximum atomic E-state index is 11.6. The molecule has 0 unspecified atom stereocenters. The smallest absolute Gasteiger partial charge is 0.273 e. The van der Waals surface area contributed by atoms with Gasteiger partial charge in [-0.15, -0.1) is 0 Å². The van der Waals surface area contributed by atoms with Crippen molar-refractivity contribution in [1.82, 2.24) is 20.8 Å². The minimum atomic E-state index is -0.379. The summed E-state index contributed by atoms with van der Waals surface area (Å²) in [6.45, 7) is 4.41. The summed E-state index contributed by atoms with van der Waals surface area (Å²) in [5.41, 5.74) is 6.80. The summed E-state index contributed by atoms with van der Waals surface area (Å²) >= 11 is 0. The van der Waals surface area contributed by atoms with Gasteiger partial charge >= 0.3 is 0 Å². The molecule has 17 heavy (non-hydrogen) atoms. The number of nitrogens with zero attached hydrogens (tertiary/aromatic N) is 1. The molecule has 0 aliphatic heterocycles. The first-order valence-corrected chi connectivity index (χ1v) is 5.41. The Labute approximate surface area is 99.1 Å². The van der Waals surface area contributed by atoms with E-state index in [-0.39, 0.29) is 30.5 Å². The van der Waals surface area contributed by atoms with E-state index in [2.05, 4.69) is 20.8 Å². The maximum Gasteiger partial charge on any atom is 0.273 e. The second kappa shape index (κ2) is 5.88. The molecule has 0 radical (unpaired) electrons. The monoisotopic (exact) mass is 239 g/mol. The van der Waals surface area contributed by atoms with Crippen molar-refractivity contribution in [1.29, 1.82) is 0 Å². The van der Waals surface area contributed by atoms with E-state index in [0.717, 1.165) is 0 Å². The Morgan fingerprint density at radius 3 is 2.65 bits per heavy atom. The SMILES string of the molecule is CCNC(=O)CCNC(=O)c1n[nH]c(C)c1N. The van der Waals surface area contributed by atoms with Crippen LogP contribution in [0.25, 0.3) is 0 Å². The van der Waals surface area contributed by atoms with Gasteiger partial charge in [0.2, 0.25) is 5.91 Å². The molecule has 0 fully saturated rings. The highest BCUT2D eigenvalue weighted by Crippen LogP contribution is 2.11. The van der Waals surface area contributed by atoms with Crippen molar-refractivity contribution < 1.29 is 9.59 Å². The fourth-order valence-electron chi connectivity index (χ4n) is 1.27. The summed E-state index contributed by atoms with van der Waals surface area (Å²) in [7, 11) is 0. The van der Waals surface area contributed by atoms with Crippen molar-refractivity contribution in [3.63, 3.8) is 0 Å². The van der Waals surface area contributed by atoms with Gasteiger partial charge in [0.25, 0.3) is 5.91 Å². The number of H-pyrrole nitrogens is 1. The van der Waals surface area contributed by atoms with Crippen LogP contribution >= 0.6 is 0 Å². The van der Waals surface area contributed by atoms with Crippen LogP contribution < -0.4 is 16.4 Å². The molecule has 0 bridgehead atoms. The van der Waals surface area contributed by atoms with E-state index in [1.165, 1.54) is 0 Å². The highest BCUT2D eigenvalue weighted by Gasteiger charge is 2.14.